The molecule has 0 saturated heterocycles. The van der Waals surface area contributed by atoms with E-state index in [-0.39, 0.29) is 6.42 Å². The van der Waals surface area contributed by atoms with Crippen LogP contribution in [0.1, 0.15) is 18.9 Å². The van der Waals surface area contributed by atoms with E-state index in [2.05, 4.69) is 5.32 Å². The molecule has 2 unspecified atom stereocenters. The lowest BCUT2D eigenvalue weighted by atomic mass is 10.1. The lowest BCUT2D eigenvalue weighted by molar-refractivity contribution is -0.144. The first-order chi connectivity index (χ1) is 9.43. The summed E-state index contributed by atoms with van der Waals surface area (Å²) in [6.45, 7) is 1.32. The van der Waals surface area contributed by atoms with Crippen molar-refractivity contribution in [2.45, 2.75) is 31.9 Å². The SMILES string of the molecule is COc1ccc(CCC(=O)NC(C(=O)O)C(C)O)cc1. The molecule has 0 fully saturated rings. The molecular formula is C14H19NO5. The van der Waals surface area contributed by atoms with Gasteiger partial charge in [-0.05, 0) is 31.0 Å². The number of aryl methyl sites for hydroxylation is 1. The van der Waals surface area contributed by atoms with E-state index >= 15 is 0 Å². The van der Waals surface area contributed by atoms with Crippen molar-refractivity contribution < 1.29 is 24.5 Å². The molecule has 1 aromatic carbocycles. The number of hydrogen-bond acceptors (Lipinski definition) is 4. The molecule has 0 spiro atoms. The number of aliphatic hydroxyl groups is 1. The maximum atomic E-state index is 11.6. The van der Waals surface area contributed by atoms with Crippen LogP contribution in [-0.2, 0) is 16.0 Å². The van der Waals surface area contributed by atoms with Gasteiger partial charge in [0.05, 0.1) is 13.2 Å². The number of carboxylic acid groups (broad SMARTS) is 1. The van der Waals surface area contributed by atoms with Crippen molar-refractivity contribution in [3.8, 4) is 5.75 Å². The average molecular weight is 281 g/mol. The Balaban J connectivity index is 2.47. The van der Waals surface area contributed by atoms with Gasteiger partial charge in [-0.1, -0.05) is 12.1 Å². The summed E-state index contributed by atoms with van der Waals surface area (Å²) in [4.78, 5) is 22.5. The minimum Gasteiger partial charge on any atom is -0.497 e. The number of nitrogens with one attached hydrogen (secondary N) is 1. The highest BCUT2D eigenvalue weighted by Gasteiger charge is 2.24. The molecule has 110 valence electrons. The highest BCUT2D eigenvalue weighted by Crippen LogP contribution is 2.12. The van der Waals surface area contributed by atoms with Crippen LogP contribution in [0.3, 0.4) is 0 Å². The van der Waals surface area contributed by atoms with E-state index in [1.807, 2.05) is 12.1 Å². The third-order valence-corrected chi connectivity index (χ3v) is 2.86. The van der Waals surface area contributed by atoms with Crippen molar-refractivity contribution in [3.05, 3.63) is 29.8 Å². The minimum absolute atomic E-state index is 0.156. The van der Waals surface area contributed by atoms with Gasteiger partial charge in [-0.25, -0.2) is 4.79 Å². The number of carboxylic acids is 1. The Labute approximate surface area is 117 Å². The van der Waals surface area contributed by atoms with E-state index in [4.69, 9.17) is 9.84 Å². The highest BCUT2D eigenvalue weighted by molar-refractivity contribution is 5.84. The van der Waals surface area contributed by atoms with Crippen molar-refractivity contribution in [1.82, 2.24) is 5.32 Å². The molecule has 0 saturated carbocycles. The van der Waals surface area contributed by atoms with E-state index < -0.39 is 24.0 Å². The molecule has 6 heteroatoms. The number of aliphatic hydroxyl groups excluding tert-OH is 1. The summed E-state index contributed by atoms with van der Waals surface area (Å²) < 4.78 is 5.03. The molecular weight excluding hydrogens is 262 g/mol. The number of methoxy groups -OCH3 is 1. The van der Waals surface area contributed by atoms with E-state index in [0.29, 0.717) is 6.42 Å². The number of rotatable bonds is 7. The minimum atomic E-state index is -1.28. The molecule has 1 amide bonds. The molecule has 1 rings (SSSR count). The van der Waals surface area contributed by atoms with Crippen molar-refractivity contribution >= 4 is 11.9 Å². The van der Waals surface area contributed by atoms with Gasteiger partial charge in [-0.15, -0.1) is 0 Å². The molecule has 1 aromatic rings. The van der Waals surface area contributed by atoms with Gasteiger partial charge in [0, 0.05) is 6.42 Å². The number of aliphatic carboxylic acids is 1. The number of ether oxygens (including phenoxy) is 1. The number of hydrogen-bond donors (Lipinski definition) is 3. The van der Waals surface area contributed by atoms with Crippen LogP contribution >= 0.6 is 0 Å². The zero-order valence-electron chi connectivity index (χ0n) is 11.5. The van der Waals surface area contributed by atoms with Gasteiger partial charge in [0.1, 0.15) is 5.75 Å². The second-order valence-electron chi connectivity index (χ2n) is 4.47. The standard InChI is InChI=1S/C14H19NO5/c1-9(16)13(14(18)19)15-12(17)8-5-10-3-6-11(20-2)7-4-10/h3-4,6-7,9,13,16H,5,8H2,1-2H3,(H,15,17)(H,18,19). The van der Waals surface area contributed by atoms with Crippen molar-refractivity contribution in [2.24, 2.45) is 0 Å². The second kappa shape index (κ2) is 7.49. The maximum absolute atomic E-state index is 11.6. The number of carbonyl (C=O) groups is 2. The van der Waals surface area contributed by atoms with Crippen LogP contribution in [0.2, 0.25) is 0 Å². The van der Waals surface area contributed by atoms with Gasteiger partial charge in [-0.3, -0.25) is 4.79 Å². The Kier molecular flexibility index (Phi) is 5.99. The van der Waals surface area contributed by atoms with E-state index in [1.54, 1.807) is 19.2 Å². The van der Waals surface area contributed by atoms with Crippen LogP contribution in [-0.4, -0.2) is 41.3 Å². The summed E-state index contributed by atoms with van der Waals surface area (Å²) in [6.07, 6.45) is -0.498. The smallest absolute Gasteiger partial charge is 0.328 e. The van der Waals surface area contributed by atoms with E-state index in [9.17, 15) is 14.7 Å². The first-order valence-corrected chi connectivity index (χ1v) is 6.27. The summed E-state index contributed by atoms with van der Waals surface area (Å²) in [5, 5.41) is 20.4. The number of benzene rings is 1. The van der Waals surface area contributed by atoms with Crippen molar-refractivity contribution in [2.75, 3.05) is 7.11 Å². The Morgan fingerprint density at radius 1 is 1.30 bits per heavy atom. The van der Waals surface area contributed by atoms with Gasteiger partial charge in [0.15, 0.2) is 6.04 Å². The molecule has 0 radical (unpaired) electrons. The van der Waals surface area contributed by atoms with Gasteiger partial charge >= 0.3 is 5.97 Å². The monoisotopic (exact) mass is 281 g/mol. The van der Waals surface area contributed by atoms with Crippen LogP contribution < -0.4 is 10.1 Å². The molecule has 3 N–H and O–H groups in total. The lowest BCUT2D eigenvalue weighted by Crippen LogP contribution is -2.47. The molecule has 0 aromatic heterocycles. The Hall–Kier alpha value is -2.08. The van der Waals surface area contributed by atoms with Gasteiger partial charge in [0.2, 0.25) is 5.91 Å². The topological polar surface area (TPSA) is 95.9 Å². The second-order valence-corrected chi connectivity index (χ2v) is 4.47. The normalized spacial score (nSPS) is 13.3. The van der Waals surface area contributed by atoms with Crippen LogP contribution in [0.25, 0.3) is 0 Å². The third-order valence-electron chi connectivity index (χ3n) is 2.86. The van der Waals surface area contributed by atoms with Crippen molar-refractivity contribution in [3.63, 3.8) is 0 Å². The summed E-state index contributed by atoms with van der Waals surface area (Å²) in [6, 6.07) is 6.00. The summed E-state index contributed by atoms with van der Waals surface area (Å²) in [5.74, 6) is -0.926. The molecule has 0 aliphatic heterocycles. The van der Waals surface area contributed by atoms with Gasteiger partial charge in [-0.2, -0.15) is 0 Å². The number of amides is 1. The van der Waals surface area contributed by atoms with Crippen LogP contribution in [0.5, 0.6) is 5.75 Å². The predicted molar refractivity (Wildman–Crippen MR) is 72.6 cm³/mol. The maximum Gasteiger partial charge on any atom is 0.328 e. The Morgan fingerprint density at radius 3 is 2.35 bits per heavy atom. The summed E-state index contributed by atoms with van der Waals surface area (Å²) in [7, 11) is 1.57. The first-order valence-electron chi connectivity index (χ1n) is 6.27. The van der Waals surface area contributed by atoms with E-state index in [1.165, 1.54) is 6.92 Å². The fourth-order valence-electron chi connectivity index (χ4n) is 1.68. The van der Waals surface area contributed by atoms with Crippen LogP contribution in [0.15, 0.2) is 24.3 Å². The third kappa shape index (κ3) is 4.89. The van der Waals surface area contributed by atoms with E-state index in [0.717, 1.165) is 11.3 Å². The number of carbonyl (C=O) groups excluding carboxylic acids is 1. The molecule has 0 bridgehead atoms. The quantitative estimate of drug-likeness (QED) is 0.679. The molecule has 0 aliphatic carbocycles. The van der Waals surface area contributed by atoms with Crippen molar-refractivity contribution in [1.29, 1.82) is 0 Å². The lowest BCUT2D eigenvalue weighted by Gasteiger charge is -2.16. The highest BCUT2D eigenvalue weighted by atomic mass is 16.5. The zero-order chi connectivity index (χ0) is 15.1. The molecule has 6 nitrogen and oxygen atoms in total. The largest absolute Gasteiger partial charge is 0.497 e. The molecule has 0 heterocycles. The predicted octanol–water partition coefficient (Wildman–Crippen LogP) is 0.578. The first kappa shape index (κ1) is 16.0. The summed E-state index contributed by atoms with van der Waals surface area (Å²) in [5.41, 5.74) is 0.949. The molecule has 0 aliphatic rings. The summed E-state index contributed by atoms with van der Waals surface area (Å²) >= 11 is 0. The zero-order valence-corrected chi connectivity index (χ0v) is 11.5. The van der Waals surface area contributed by atoms with Gasteiger partial charge < -0.3 is 20.3 Å². The van der Waals surface area contributed by atoms with Crippen LogP contribution in [0.4, 0.5) is 0 Å². The fourth-order valence-corrected chi connectivity index (χ4v) is 1.68. The van der Waals surface area contributed by atoms with Gasteiger partial charge in [0.25, 0.3) is 0 Å². The average Bonchev–Trinajstić information content (AvgIpc) is 2.42. The van der Waals surface area contributed by atoms with Crippen LogP contribution in [0, 0.1) is 0 Å². The Bertz CT molecular complexity index is 455. The molecule has 20 heavy (non-hydrogen) atoms. The molecule has 2 atom stereocenters. The Morgan fingerprint density at radius 2 is 1.90 bits per heavy atom. The fraction of sp³-hybridized carbons (Fsp3) is 0.429.